The average Bonchev–Trinajstić information content (AvgIpc) is 2.87. The number of rotatable bonds is 5. The molecule has 1 atom stereocenters. The Labute approximate surface area is 129 Å². The van der Waals surface area contributed by atoms with Crippen molar-refractivity contribution in [1.82, 2.24) is 10.2 Å². The summed E-state index contributed by atoms with van der Waals surface area (Å²) in [4.78, 5) is 14.3. The van der Waals surface area contributed by atoms with Crippen molar-refractivity contribution in [3.8, 4) is 0 Å². The fourth-order valence-corrected chi connectivity index (χ4v) is 3.21. The zero-order valence-corrected chi connectivity index (χ0v) is 13.4. The van der Waals surface area contributed by atoms with E-state index in [0.29, 0.717) is 13.1 Å². The van der Waals surface area contributed by atoms with Gasteiger partial charge in [-0.3, -0.25) is 9.52 Å². The second-order valence-electron chi connectivity index (χ2n) is 5.42. The first kappa shape index (κ1) is 16.7. The summed E-state index contributed by atoms with van der Waals surface area (Å²) in [5, 5.41) is 3.05. The fourth-order valence-electron chi connectivity index (χ4n) is 2.65. The van der Waals surface area contributed by atoms with E-state index in [1.807, 2.05) is 7.05 Å². The van der Waals surface area contributed by atoms with Crippen molar-refractivity contribution in [3.63, 3.8) is 0 Å². The second-order valence-corrected chi connectivity index (χ2v) is 7.17. The largest absolute Gasteiger partial charge is 0.334 e. The maximum Gasteiger partial charge on any atom is 0.254 e. The summed E-state index contributed by atoms with van der Waals surface area (Å²) in [5.41, 5.74) is 0.0632. The van der Waals surface area contributed by atoms with E-state index in [2.05, 4.69) is 10.0 Å². The molecule has 6 nitrogen and oxygen atoms in total. The average molecular weight is 329 g/mol. The van der Waals surface area contributed by atoms with Crippen LogP contribution in [-0.4, -0.2) is 51.7 Å². The monoisotopic (exact) mass is 329 g/mol. The summed E-state index contributed by atoms with van der Waals surface area (Å²) in [5.74, 6) is -0.926. The number of hydrogen-bond acceptors (Lipinski definition) is 4. The molecule has 1 saturated heterocycles. The van der Waals surface area contributed by atoms with Gasteiger partial charge in [0.1, 0.15) is 5.82 Å². The molecule has 0 spiro atoms. The van der Waals surface area contributed by atoms with Crippen molar-refractivity contribution in [2.24, 2.45) is 0 Å². The zero-order valence-electron chi connectivity index (χ0n) is 12.6. The maximum absolute atomic E-state index is 13.7. The van der Waals surface area contributed by atoms with E-state index in [0.717, 1.165) is 25.2 Å². The summed E-state index contributed by atoms with van der Waals surface area (Å²) in [6.45, 7) is 1.35. The number of nitrogens with one attached hydrogen (secondary N) is 2. The first-order valence-corrected chi connectivity index (χ1v) is 8.94. The third kappa shape index (κ3) is 3.95. The van der Waals surface area contributed by atoms with E-state index in [1.54, 1.807) is 4.90 Å². The highest BCUT2D eigenvalue weighted by Gasteiger charge is 2.29. The van der Waals surface area contributed by atoms with Crippen LogP contribution >= 0.6 is 0 Å². The lowest BCUT2D eigenvalue weighted by Gasteiger charge is -2.24. The summed E-state index contributed by atoms with van der Waals surface area (Å²) >= 11 is 0. The molecule has 1 fully saturated rings. The van der Waals surface area contributed by atoms with E-state index in [9.17, 15) is 17.6 Å². The summed E-state index contributed by atoms with van der Waals surface area (Å²) in [6, 6.07) is 3.82. The van der Waals surface area contributed by atoms with Crippen LogP contribution in [0.5, 0.6) is 0 Å². The first-order chi connectivity index (χ1) is 10.3. The molecule has 1 aromatic rings. The number of benzene rings is 1. The summed E-state index contributed by atoms with van der Waals surface area (Å²) in [7, 11) is -1.78. The smallest absolute Gasteiger partial charge is 0.254 e. The Balaban J connectivity index is 2.25. The lowest BCUT2D eigenvalue weighted by molar-refractivity contribution is 0.0737. The highest BCUT2D eigenvalue weighted by molar-refractivity contribution is 7.92. The van der Waals surface area contributed by atoms with Crippen molar-refractivity contribution in [3.05, 3.63) is 29.6 Å². The molecule has 0 aromatic heterocycles. The number of hydrogen-bond donors (Lipinski definition) is 2. The van der Waals surface area contributed by atoms with Gasteiger partial charge in [0.05, 0.1) is 11.9 Å². The number of nitrogens with zero attached hydrogens (tertiary/aromatic N) is 1. The first-order valence-electron chi connectivity index (χ1n) is 7.04. The molecule has 22 heavy (non-hydrogen) atoms. The Hall–Kier alpha value is -1.67. The number of amides is 1. The molecule has 1 aliphatic rings. The third-order valence-corrected chi connectivity index (χ3v) is 4.18. The number of carbonyl (C=O) groups is 1. The van der Waals surface area contributed by atoms with Crippen molar-refractivity contribution in [2.75, 3.05) is 31.1 Å². The molecular weight excluding hydrogens is 309 g/mol. The molecule has 122 valence electrons. The Morgan fingerprint density at radius 2 is 2.18 bits per heavy atom. The van der Waals surface area contributed by atoms with Crippen molar-refractivity contribution in [1.29, 1.82) is 0 Å². The molecule has 2 rings (SSSR count). The van der Waals surface area contributed by atoms with E-state index < -0.39 is 15.8 Å². The van der Waals surface area contributed by atoms with E-state index >= 15 is 0 Å². The Morgan fingerprint density at radius 3 is 2.82 bits per heavy atom. The molecule has 0 aliphatic carbocycles. The summed E-state index contributed by atoms with van der Waals surface area (Å²) < 4.78 is 38.3. The van der Waals surface area contributed by atoms with Crippen molar-refractivity contribution >= 4 is 21.6 Å². The van der Waals surface area contributed by atoms with Crippen LogP contribution in [0.1, 0.15) is 23.2 Å². The molecule has 1 amide bonds. The molecule has 0 radical (unpaired) electrons. The van der Waals surface area contributed by atoms with Gasteiger partial charge < -0.3 is 10.2 Å². The molecule has 0 bridgehead atoms. The quantitative estimate of drug-likeness (QED) is 0.845. The SMILES string of the molecule is CNCC1CCCN1C(=O)c1ccc(F)c(NS(C)(=O)=O)c1. The highest BCUT2D eigenvalue weighted by Crippen LogP contribution is 2.23. The van der Waals surface area contributed by atoms with Gasteiger partial charge >= 0.3 is 0 Å². The van der Waals surface area contributed by atoms with Gasteiger partial charge in [-0.15, -0.1) is 0 Å². The van der Waals surface area contributed by atoms with Gasteiger partial charge in [0.25, 0.3) is 5.91 Å². The third-order valence-electron chi connectivity index (χ3n) is 3.59. The van der Waals surface area contributed by atoms with Gasteiger partial charge in [0, 0.05) is 24.7 Å². The number of likely N-dealkylation sites (N-methyl/N-ethyl adjacent to an activating group) is 1. The molecule has 1 aromatic carbocycles. The Bertz CT molecular complexity index is 663. The van der Waals surface area contributed by atoms with Crippen LogP contribution in [0, 0.1) is 5.82 Å². The fraction of sp³-hybridized carbons (Fsp3) is 0.500. The lowest BCUT2D eigenvalue weighted by atomic mass is 10.1. The summed E-state index contributed by atoms with van der Waals surface area (Å²) in [6.07, 6.45) is 2.78. The number of anilines is 1. The van der Waals surface area contributed by atoms with Gasteiger partial charge in [-0.2, -0.15) is 0 Å². The van der Waals surface area contributed by atoms with Crippen molar-refractivity contribution < 1.29 is 17.6 Å². The second kappa shape index (κ2) is 6.62. The predicted octanol–water partition coefficient (Wildman–Crippen LogP) is 1.02. The molecular formula is C14H20FN3O3S. The Kier molecular flexibility index (Phi) is 5.02. The topological polar surface area (TPSA) is 78.5 Å². The van der Waals surface area contributed by atoms with Crippen LogP contribution in [0.25, 0.3) is 0 Å². The minimum atomic E-state index is -3.61. The van der Waals surface area contributed by atoms with Crippen LogP contribution in [-0.2, 0) is 10.0 Å². The minimum Gasteiger partial charge on any atom is -0.334 e. The van der Waals surface area contributed by atoms with Gasteiger partial charge in [-0.1, -0.05) is 0 Å². The van der Waals surface area contributed by atoms with E-state index in [1.165, 1.54) is 12.1 Å². The van der Waals surface area contributed by atoms with Crippen molar-refractivity contribution in [2.45, 2.75) is 18.9 Å². The molecule has 0 saturated carbocycles. The lowest BCUT2D eigenvalue weighted by Crippen LogP contribution is -2.40. The van der Waals surface area contributed by atoms with Gasteiger partial charge in [0.2, 0.25) is 10.0 Å². The van der Waals surface area contributed by atoms with Crippen LogP contribution < -0.4 is 10.0 Å². The normalized spacial score (nSPS) is 18.5. The van der Waals surface area contributed by atoms with Gasteiger partial charge in [0.15, 0.2) is 0 Å². The number of likely N-dealkylation sites (tertiary alicyclic amines) is 1. The predicted molar refractivity (Wildman–Crippen MR) is 82.9 cm³/mol. The highest BCUT2D eigenvalue weighted by atomic mass is 32.2. The van der Waals surface area contributed by atoms with Crippen LogP contribution in [0.2, 0.25) is 0 Å². The molecule has 2 N–H and O–H groups in total. The zero-order chi connectivity index (χ0) is 16.3. The maximum atomic E-state index is 13.7. The number of halogens is 1. The van der Waals surface area contributed by atoms with Gasteiger partial charge in [-0.25, -0.2) is 12.8 Å². The number of sulfonamides is 1. The molecule has 1 aliphatic heterocycles. The van der Waals surface area contributed by atoms with Crippen LogP contribution in [0.4, 0.5) is 10.1 Å². The standard InChI is InChI=1S/C14H20FN3O3S/c1-16-9-11-4-3-7-18(11)14(19)10-5-6-12(15)13(8-10)17-22(2,20)21/h5-6,8,11,16-17H,3-4,7,9H2,1-2H3. The molecule has 1 unspecified atom stereocenters. The Morgan fingerprint density at radius 1 is 1.45 bits per heavy atom. The minimum absolute atomic E-state index is 0.105. The number of carbonyl (C=O) groups excluding carboxylic acids is 1. The van der Waals surface area contributed by atoms with Crippen LogP contribution in [0.3, 0.4) is 0 Å². The van der Waals surface area contributed by atoms with Crippen LogP contribution in [0.15, 0.2) is 18.2 Å². The molecule has 1 heterocycles. The van der Waals surface area contributed by atoms with E-state index in [4.69, 9.17) is 0 Å². The van der Waals surface area contributed by atoms with E-state index in [-0.39, 0.29) is 23.2 Å². The van der Waals surface area contributed by atoms with Gasteiger partial charge in [-0.05, 0) is 38.1 Å². The molecule has 8 heteroatoms.